The Morgan fingerprint density at radius 3 is 2.60 bits per heavy atom. The molecule has 1 aliphatic rings. The van der Waals surface area contributed by atoms with Gasteiger partial charge in [-0.1, -0.05) is 68.4 Å². The van der Waals surface area contributed by atoms with Gasteiger partial charge in [0.15, 0.2) is 6.54 Å². The van der Waals surface area contributed by atoms with Crippen molar-refractivity contribution in [3.63, 3.8) is 0 Å². The average molecular weight is 337 g/mol. The van der Waals surface area contributed by atoms with E-state index in [0.29, 0.717) is 18.5 Å². The van der Waals surface area contributed by atoms with Gasteiger partial charge in [-0.15, -0.1) is 0 Å². The molecule has 0 aromatic heterocycles. The minimum absolute atomic E-state index is 0.128. The van der Waals surface area contributed by atoms with E-state index in [-0.39, 0.29) is 11.9 Å². The second-order valence-electron chi connectivity index (χ2n) is 7.33. The molecule has 0 unspecified atom stereocenters. The summed E-state index contributed by atoms with van der Waals surface area (Å²) in [6.45, 7) is 4.89. The number of nitrogens with one attached hydrogen (secondary N) is 1. The molecule has 2 aromatic carbocycles. The lowest BCUT2D eigenvalue weighted by molar-refractivity contribution is -0.692. The Labute approximate surface area is 150 Å². The Kier molecular flexibility index (Phi) is 5.87. The number of hydrogen-bond donors (Lipinski definition) is 2. The highest BCUT2D eigenvalue weighted by Crippen LogP contribution is 2.29. The van der Waals surface area contributed by atoms with Gasteiger partial charge in [-0.2, -0.15) is 0 Å². The normalized spacial score (nSPS) is 17.8. The monoisotopic (exact) mass is 337 g/mol. The first-order chi connectivity index (χ1) is 12.1. The molecule has 0 radical (unpaired) electrons. The van der Waals surface area contributed by atoms with Crippen LogP contribution in [-0.4, -0.2) is 12.5 Å². The zero-order valence-corrected chi connectivity index (χ0v) is 15.2. The summed E-state index contributed by atoms with van der Waals surface area (Å²) in [6, 6.07) is 19.4. The lowest BCUT2D eigenvalue weighted by Gasteiger charge is -2.26. The van der Waals surface area contributed by atoms with Crippen LogP contribution in [0.1, 0.15) is 55.5 Å². The number of fused-ring (bicyclic) bond motifs is 1. The first-order valence-corrected chi connectivity index (χ1v) is 9.40. The fourth-order valence-corrected chi connectivity index (χ4v) is 3.86. The second kappa shape index (κ2) is 8.30. The molecule has 3 nitrogen and oxygen atoms in total. The zero-order chi connectivity index (χ0) is 17.6. The Balaban J connectivity index is 1.60. The number of quaternary nitrogens is 1. The molecule has 0 heterocycles. The van der Waals surface area contributed by atoms with Crippen molar-refractivity contribution in [2.45, 2.75) is 45.2 Å². The van der Waals surface area contributed by atoms with Crippen molar-refractivity contribution >= 4 is 5.91 Å². The van der Waals surface area contributed by atoms with Crippen LogP contribution in [0.25, 0.3) is 0 Å². The smallest absolute Gasteiger partial charge is 0.275 e. The topological polar surface area (TPSA) is 45.7 Å². The van der Waals surface area contributed by atoms with Gasteiger partial charge in [0, 0.05) is 11.5 Å². The maximum Gasteiger partial charge on any atom is 0.275 e. The quantitative estimate of drug-likeness (QED) is 0.836. The molecular formula is C22H29N2O+. The molecule has 132 valence electrons. The maximum atomic E-state index is 12.5. The average Bonchev–Trinajstić information content (AvgIpc) is 2.63. The van der Waals surface area contributed by atoms with Crippen molar-refractivity contribution in [1.29, 1.82) is 0 Å². The van der Waals surface area contributed by atoms with Gasteiger partial charge in [-0.05, 0) is 30.4 Å². The van der Waals surface area contributed by atoms with E-state index >= 15 is 0 Å². The van der Waals surface area contributed by atoms with Crippen LogP contribution < -0.4 is 10.6 Å². The highest BCUT2D eigenvalue weighted by Gasteiger charge is 2.24. The summed E-state index contributed by atoms with van der Waals surface area (Å²) in [5.74, 6) is 0.605. The fourth-order valence-electron chi connectivity index (χ4n) is 3.86. The van der Waals surface area contributed by atoms with Gasteiger partial charge in [0.25, 0.3) is 5.91 Å². The summed E-state index contributed by atoms with van der Waals surface area (Å²) in [7, 11) is 0. The molecule has 0 bridgehead atoms. The van der Waals surface area contributed by atoms with E-state index in [1.54, 1.807) is 0 Å². The Morgan fingerprint density at radius 1 is 1.12 bits per heavy atom. The predicted molar refractivity (Wildman–Crippen MR) is 101 cm³/mol. The molecule has 3 N–H and O–H groups in total. The van der Waals surface area contributed by atoms with Crippen molar-refractivity contribution in [2.75, 3.05) is 6.54 Å². The molecule has 3 heteroatoms. The summed E-state index contributed by atoms with van der Waals surface area (Å²) in [5.41, 5.74) is 3.96. The Morgan fingerprint density at radius 2 is 1.84 bits per heavy atom. The molecule has 0 spiro atoms. The van der Waals surface area contributed by atoms with Crippen molar-refractivity contribution < 1.29 is 10.1 Å². The van der Waals surface area contributed by atoms with Crippen molar-refractivity contribution in [3.05, 3.63) is 71.3 Å². The van der Waals surface area contributed by atoms with Gasteiger partial charge in [0.05, 0.1) is 6.04 Å². The lowest BCUT2D eigenvalue weighted by Crippen LogP contribution is -2.88. The first kappa shape index (κ1) is 17.7. The molecule has 2 aromatic rings. The fraction of sp³-hybridized carbons (Fsp3) is 0.409. The van der Waals surface area contributed by atoms with E-state index in [9.17, 15) is 4.79 Å². The van der Waals surface area contributed by atoms with E-state index in [4.69, 9.17) is 0 Å². The first-order valence-electron chi connectivity index (χ1n) is 9.40. The summed E-state index contributed by atoms with van der Waals surface area (Å²) >= 11 is 0. The number of rotatable bonds is 6. The number of carbonyl (C=O) groups is 1. The summed E-state index contributed by atoms with van der Waals surface area (Å²) in [4.78, 5) is 12.5. The van der Waals surface area contributed by atoms with Crippen LogP contribution in [-0.2, 0) is 11.2 Å². The molecular weight excluding hydrogens is 308 g/mol. The number of carbonyl (C=O) groups excluding carboxylic acids is 1. The van der Waals surface area contributed by atoms with E-state index < -0.39 is 0 Å². The summed E-state index contributed by atoms with van der Waals surface area (Å²) < 4.78 is 0. The molecule has 0 aliphatic heterocycles. The van der Waals surface area contributed by atoms with Crippen molar-refractivity contribution in [2.24, 2.45) is 5.92 Å². The van der Waals surface area contributed by atoms with Crippen molar-refractivity contribution in [1.82, 2.24) is 5.32 Å². The van der Waals surface area contributed by atoms with Gasteiger partial charge in [-0.25, -0.2) is 0 Å². The zero-order valence-electron chi connectivity index (χ0n) is 15.2. The number of nitrogens with two attached hydrogens (primary N) is 1. The van der Waals surface area contributed by atoms with Gasteiger partial charge in [0.1, 0.15) is 6.04 Å². The molecule has 0 fully saturated rings. The molecule has 0 saturated carbocycles. The molecule has 25 heavy (non-hydrogen) atoms. The number of amides is 1. The van der Waals surface area contributed by atoms with E-state index in [0.717, 1.165) is 19.3 Å². The summed E-state index contributed by atoms with van der Waals surface area (Å²) in [6.07, 6.45) is 3.30. The largest absolute Gasteiger partial charge is 0.344 e. The third-order valence-electron chi connectivity index (χ3n) is 5.16. The van der Waals surface area contributed by atoms with Crippen LogP contribution in [0.3, 0.4) is 0 Å². The lowest BCUT2D eigenvalue weighted by atomic mass is 9.88. The standard InChI is InChI=1S/C22H28N2O/c1-16(2)22(18-10-4-3-5-11-18)23-15-21(25)24-20-14-8-12-17-9-6-7-13-19(17)20/h3-7,9-11,13,16,20,22-23H,8,12,14-15H2,1-2H3,(H,24,25)/p+1/t20-,22-/m0/s1. The molecule has 1 aliphatic carbocycles. The maximum absolute atomic E-state index is 12.5. The highest BCUT2D eigenvalue weighted by molar-refractivity contribution is 5.77. The Bertz CT molecular complexity index is 696. The second-order valence-corrected chi connectivity index (χ2v) is 7.33. The summed E-state index contributed by atoms with van der Waals surface area (Å²) in [5, 5.41) is 5.42. The van der Waals surface area contributed by atoms with E-state index in [1.165, 1.54) is 16.7 Å². The van der Waals surface area contributed by atoms with Gasteiger partial charge in [-0.3, -0.25) is 4.79 Å². The van der Waals surface area contributed by atoms with E-state index in [2.05, 4.69) is 73.0 Å². The molecule has 0 saturated heterocycles. The minimum atomic E-state index is 0.128. The van der Waals surface area contributed by atoms with E-state index in [1.807, 2.05) is 6.07 Å². The van der Waals surface area contributed by atoms with Crippen molar-refractivity contribution in [3.8, 4) is 0 Å². The number of aryl methyl sites for hydroxylation is 1. The van der Waals surface area contributed by atoms with Crippen LogP contribution in [0.4, 0.5) is 0 Å². The van der Waals surface area contributed by atoms with Gasteiger partial charge < -0.3 is 10.6 Å². The highest BCUT2D eigenvalue weighted by atomic mass is 16.2. The number of benzene rings is 2. The van der Waals surface area contributed by atoms with Crippen LogP contribution in [0.5, 0.6) is 0 Å². The van der Waals surface area contributed by atoms with Crippen LogP contribution in [0.2, 0.25) is 0 Å². The van der Waals surface area contributed by atoms with Gasteiger partial charge in [0.2, 0.25) is 0 Å². The number of hydrogen-bond acceptors (Lipinski definition) is 1. The van der Waals surface area contributed by atoms with Crippen LogP contribution >= 0.6 is 0 Å². The SMILES string of the molecule is CC(C)[C@H]([NH2+]CC(=O)N[C@H]1CCCc2ccccc21)c1ccccc1. The minimum Gasteiger partial charge on any atom is -0.344 e. The Hall–Kier alpha value is -2.13. The predicted octanol–water partition coefficient (Wildman–Crippen LogP) is 3.14. The molecule has 3 rings (SSSR count). The molecule has 2 atom stereocenters. The van der Waals surface area contributed by atoms with Crippen LogP contribution in [0.15, 0.2) is 54.6 Å². The molecule has 1 amide bonds. The van der Waals surface area contributed by atoms with Crippen LogP contribution in [0, 0.1) is 5.92 Å². The third-order valence-corrected chi connectivity index (χ3v) is 5.16. The third kappa shape index (κ3) is 4.49. The van der Waals surface area contributed by atoms with Gasteiger partial charge >= 0.3 is 0 Å².